The molecule has 0 saturated carbocycles. The van der Waals surface area contributed by atoms with Gasteiger partial charge in [-0.15, -0.1) is 0 Å². The largest absolute Gasteiger partial charge is 0.495 e. The number of rotatable bonds is 4. The number of halogens is 1. The van der Waals surface area contributed by atoms with Gasteiger partial charge in [0.1, 0.15) is 11.5 Å². The molecule has 3 N–H and O–H groups in total. The van der Waals surface area contributed by atoms with Crippen LogP contribution in [-0.2, 0) is 0 Å². The van der Waals surface area contributed by atoms with Gasteiger partial charge < -0.3 is 20.5 Å². The van der Waals surface area contributed by atoms with Crippen molar-refractivity contribution >= 4 is 28.7 Å². The molecule has 2 rings (SSSR count). The maximum absolute atomic E-state index is 6.14. The minimum absolute atomic E-state index is 0.511. The molecule has 4 nitrogen and oxygen atoms in total. The quantitative estimate of drug-likeness (QED) is 0.837. The molecule has 2 aromatic carbocycles. The number of methoxy groups -OCH3 is 2. The van der Waals surface area contributed by atoms with Crippen molar-refractivity contribution < 1.29 is 9.47 Å². The number of anilines is 3. The van der Waals surface area contributed by atoms with E-state index in [-0.39, 0.29) is 0 Å². The molecule has 0 bridgehead atoms. The molecule has 0 amide bonds. The standard InChI is InChI=1S/C15H17ClN2O2/c1-9-4-10(17)6-11(5-9)18-13-7-12(16)14(19-2)8-15(13)20-3/h4-8,18H,17H2,1-3H3. The van der Waals surface area contributed by atoms with Crippen molar-refractivity contribution in [2.24, 2.45) is 0 Å². The molecule has 0 spiro atoms. The first-order valence-electron chi connectivity index (χ1n) is 6.09. The van der Waals surface area contributed by atoms with Gasteiger partial charge in [0, 0.05) is 17.4 Å². The smallest absolute Gasteiger partial charge is 0.146 e. The molecule has 0 atom stereocenters. The molecular weight excluding hydrogens is 276 g/mol. The van der Waals surface area contributed by atoms with Crippen LogP contribution in [0.5, 0.6) is 11.5 Å². The molecule has 0 aliphatic carbocycles. The average molecular weight is 293 g/mol. The van der Waals surface area contributed by atoms with Crippen LogP contribution >= 0.6 is 11.6 Å². The second-order valence-electron chi connectivity index (χ2n) is 4.44. The van der Waals surface area contributed by atoms with E-state index < -0.39 is 0 Å². The highest BCUT2D eigenvalue weighted by molar-refractivity contribution is 6.32. The fourth-order valence-corrected chi connectivity index (χ4v) is 2.24. The molecular formula is C15H17ClN2O2. The highest BCUT2D eigenvalue weighted by Gasteiger charge is 2.10. The minimum atomic E-state index is 0.511. The molecule has 0 heterocycles. The van der Waals surface area contributed by atoms with Crippen LogP contribution in [0.25, 0.3) is 0 Å². The number of aryl methyl sites for hydroxylation is 1. The van der Waals surface area contributed by atoms with Crippen LogP contribution in [-0.4, -0.2) is 14.2 Å². The predicted octanol–water partition coefficient (Wildman–Crippen LogP) is 3.99. The maximum Gasteiger partial charge on any atom is 0.146 e. The lowest BCUT2D eigenvalue weighted by Crippen LogP contribution is -1.97. The number of hydrogen-bond acceptors (Lipinski definition) is 4. The van der Waals surface area contributed by atoms with Crippen molar-refractivity contribution in [3.63, 3.8) is 0 Å². The fraction of sp³-hybridized carbons (Fsp3) is 0.200. The van der Waals surface area contributed by atoms with Gasteiger partial charge in [0.25, 0.3) is 0 Å². The number of nitrogen functional groups attached to an aromatic ring is 1. The van der Waals surface area contributed by atoms with Crippen molar-refractivity contribution in [1.29, 1.82) is 0 Å². The van der Waals surface area contributed by atoms with Crippen molar-refractivity contribution in [3.05, 3.63) is 40.9 Å². The Hall–Kier alpha value is -2.07. The van der Waals surface area contributed by atoms with Crippen LogP contribution in [0.15, 0.2) is 30.3 Å². The zero-order valence-corrected chi connectivity index (χ0v) is 12.4. The highest BCUT2D eigenvalue weighted by Crippen LogP contribution is 2.37. The zero-order valence-electron chi connectivity index (χ0n) is 11.7. The Kier molecular flexibility index (Phi) is 4.25. The predicted molar refractivity (Wildman–Crippen MR) is 83.4 cm³/mol. The Morgan fingerprint density at radius 2 is 1.70 bits per heavy atom. The van der Waals surface area contributed by atoms with E-state index in [4.69, 9.17) is 26.8 Å². The fourth-order valence-electron chi connectivity index (χ4n) is 2.00. The number of hydrogen-bond donors (Lipinski definition) is 2. The van der Waals surface area contributed by atoms with Gasteiger partial charge in [-0.05, 0) is 36.8 Å². The van der Waals surface area contributed by atoms with E-state index in [0.717, 1.165) is 16.9 Å². The first-order valence-corrected chi connectivity index (χ1v) is 6.47. The highest BCUT2D eigenvalue weighted by atomic mass is 35.5. The van der Waals surface area contributed by atoms with Gasteiger partial charge in [0.15, 0.2) is 0 Å². The Morgan fingerprint density at radius 3 is 2.30 bits per heavy atom. The molecule has 0 fully saturated rings. The minimum Gasteiger partial charge on any atom is -0.495 e. The third-order valence-electron chi connectivity index (χ3n) is 2.85. The van der Waals surface area contributed by atoms with Crippen molar-refractivity contribution in [2.45, 2.75) is 6.92 Å². The van der Waals surface area contributed by atoms with E-state index in [2.05, 4.69) is 5.32 Å². The summed E-state index contributed by atoms with van der Waals surface area (Å²) < 4.78 is 10.5. The molecule has 20 heavy (non-hydrogen) atoms. The SMILES string of the molecule is COc1cc(OC)c(Nc2cc(C)cc(N)c2)cc1Cl. The summed E-state index contributed by atoms with van der Waals surface area (Å²) in [6.45, 7) is 1.99. The van der Waals surface area contributed by atoms with Crippen LogP contribution in [0.4, 0.5) is 17.1 Å². The molecule has 5 heteroatoms. The van der Waals surface area contributed by atoms with Crippen molar-refractivity contribution in [3.8, 4) is 11.5 Å². The van der Waals surface area contributed by atoms with Gasteiger partial charge in [-0.1, -0.05) is 11.6 Å². The lowest BCUT2D eigenvalue weighted by atomic mass is 10.2. The monoisotopic (exact) mass is 292 g/mol. The van der Waals surface area contributed by atoms with Gasteiger partial charge in [-0.3, -0.25) is 0 Å². The average Bonchev–Trinajstić information content (AvgIpc) is 2.38. The summed E-state index contributed by atoms with van der Waals surface area (Å²) in [5.41, 5.74) is 9.25. The Morgan fingerprint density at radius 1 is 1.00 bits per heavy atom. The molecule has 0 aromatic heterocycles. The molecule has 0 radical (unpaired) electrons. The lowest BCUT2D eigenvalue weighted by Gasteiger charge is -2.14. The Labute approximate surface area is 123 Å². The van der Waals surface area contributed by atoms with E-state index in [1.807, 2.05) is 25.1 Å². The zero-order chi connectivity index (χ0) is 14.7. The second-order valence-corrected chi connectivity index (χ2v) is 4.85. The van der Waals surface area contributed by atoms with Crippen LogP contribution < -0.4 is 20.5 Å². The lowest BCUT2D eigenvalue weighted by molar-refractivity contribution is 0.396. The van der Waals surface area contributed by atoms with E-state index in [1.165, 1.54) is 0 Å². The van der Waals surface area contributed by atoms with Crippen LogP contribution in [0.2, 0.25) is 5.02 Å². The van der Waals surface area contributed by atoms with E-state index >= 15 is 0 Å². The number of nitrogens with one attached hydrogen (secondary N) is 1. The topological polar surface area (TPSA) is 56.5 Å². The Balaban J connectivity index is 2.39. The normalized spacial score (nSPS) is 10.2. The second kappa shape index (κ2) is 5.92. The van der Waals surface area contributed by atoms with Crippen molar-refractivity contribution in [2.75, 3.05) is 25.3 Å². The summed E-state index contributed by atoms with van der Waals surface area (Å²) in [5.74, 6) is 1.21. The first-order chi connectivity index (χ1) is 9.53. The van der Waals surface area contributed by atoms with Crippen LogP contribution in [0.3, 0.4) is 0 Å². The summed E-state index contributed by atoms with van der Waals surface area (Å²) >= 11 is 6.14. The van der Waals surface area contributed by atoms with Crippen LogP contribution in [0, 0.1) is 6.92 Å². The molecule has 0 aliphatic heterocycles. The summed E-state index contributed by atoms with van der Waals surface area (Å²) in [7, 11) is 3.16. The van der Waals surface area contributed by atoms with Gasteiger partial charge >= 0.3 is 0 Å². The summed E-state index contributed by atoms with van der Waals surface area (Å²) in [5, 5.41) is 3.76. The van der Waals surface area contributed by atoms with E-state index in [9.17, 15) is 0 Å². The van der Waals surface area contributed by atoms with Crippen LogP contribution in [0.1, 0.15) is 5.56 Å². The summed E-state index contributed by atoms with van der Waals surface area (Å²) in [6.07, 6.45) is 0. The molecule has 0 saturated heterocycles. The first kappa shape index (κ1) is 14.3. The van der Waals surface area contributed by atoms with Gasteiger partial charge in [-0.2, -0.15) is 0 Å². The van der Waals surface area contributed by atoms with E-state index in [0.29, 0.717) is 22.2 Å². The Bertz CT molecular complexity index is 609. The summed E-state index contributed by atoms with van der Waals surface area (Å²) in [6, 6.07) is 9.25. The van der Waals surface area contributed by atoms with Gasteiger partial charge in [0.05, 0.1) is 24.9 Å². The molecule has 0 aliphatic rings. The van der Waals surface area contributed by atoms with Crippen molar-refractivity contribution in [1.82, 2.24) is 0 Å². The number of nitrogens with two attached hydrogens (primary N) is 1. The molecule has 106 valence electrons. The van der Waals surface area contributed by atoms with Gasteiger partial charge in [-0.25, -0.2) is 0 Å². The number of benzene rings is 2. The van der Waals surface area contributed by atoms with Gasteiger partial charge in [0.2, 0.25) is 0 Å². The number of ether oxygens (including phenoxy) is 2. The third kappa shape index (κ3) is 3.08. The summed E-state index contributed by atoms with van der Waals surface area (Å²) in [4.78, 5) is 0. The van der Waals surface area contributed by atoms with E-state index in [1.54, 1.807) is 26.4 Å². The molecule has 0 unspecified atom stereocenters. The maximum atomic E-state index is 6.14. The third-order valence-corrected chi connectivity index (χ3v) is 3.15. The molecule has 2 aromatic rings.